The van der Waals surface area contributed by atoms with Gasteiger partial charge in [0.15, 0.2) is 5.69 Å². The molecule has 0 radical (unpaired) electrons. The number of carbonyl (C=O) groups is 2. The zero-order chi connectivity index (χ0) is 26.1. The Bertz CT molecular complexity index is 1170. The lowest BCUT2D eigenvalue weighted by Crippen LogP contribution is -2.33. The first-order valence-electron chi connectivity index (χ1n) is 11.0. The molecule has 0 aliphatic carbocycles. The van der Waals surface area contributed by atoms with Crippen LogP contribution in [0.4, 0.5) is 24.7 Å². The van der Waals surface area contributed by atoms with Gasteiger partial charge in [0.05, 0.1) is 30.8 Å². The van der Waals surface area contributed by atoms with E-state index in [4.69, 9.17) is 4.74 Å². The number of amides is 2. The van der Waals surface area contributed by atoms with E-state index in [1.807, 2.05) is 31.2 Å². The highest BCUT2D eigenvalue weighted by atomic mass is 19.4. The number of benzene rings is 1. The number of halogens is 3. The summed E-state index contributed by atoms with van der Waals surface area (Å²) in [5.74, 6) is 0.0674. The van der Waals surface area contributed by atoms with E-state index in [0.29, 0.717) is 25.0 Å². The number of rotatable bonds is 11. The van der Waals surface area contributed by atoms with Crippen molar-refractivity contribution in [2.45, 2.75) is 26.1 Å². The van der Waals surface area contributed by atoms with E-state index in [-0.39, 0.29) is 31.2 Å². The monoisotopic (exact) mass is 505 g/mol. The normalized spacial score (nSPS) is 11.1. The van der Waals surface area contributed by atoms with Gasteiger partial charge in [-0.05, 0) is 19.1 Å². The minimum absolute atomic E-state index is 0.0212. The van der Waals surface area contributed by atoms with Crippen molar-refractivity contribution in [3.63, 3.8) is 0 Å². The second-order valence-corrected chi connectivity index (χ2v) is 7.92. The number of hydrogen-bond acceptors (Lipinski definition) is 7. The molecule has 3 aromatic rings. The highest BCUT2D eigenvalue weighted by Gasteiger charge is 2.33. The molecule has 0 fully saturated rings. The highest BCUT2D eigenvalue weighted by Crippen LogP contribution is 2.27. The molecule has 2 amide bonds. The lowest BCUT2D eigenvalue weighted by atomic mass is 10.2. The summed E-state index contributed by atoms with van der Waals surface area (Å²) in [6.45, 7) is 2.74. The smallest absolute Gasteiger partial charge is 0.434 e. The van der Waals surface area contributed by atoms with Crippen LogP contribution in [-0.2, 0) is 22.3 Å². The molecule has 0 saturated carbocycles. The lowest BCUT2D eigenvalue weighted by Gasteiger charge is -2.17. The standard InChI is InChI=1S/C23H26F3N7O3/c1-16-3-5-18(6-4-16)36-10-9-32(2)22(35)15-33-14-17(11-29-33)30-21(34)7-8-28-20-13-27-12-19(31-20)23(24,25)26/h3-6,11-14H,7-10,15H2,1-2H3,(H,28,31)(H,30,34). The summed E-state index contributed by atoms with van der Waals surface area (Å²) in [7, 11) is 1.66. The van der Waals surface area contributed by atoms with Crippen LogP contribution in [0.25, 0.3) is 0 Å². The molecule has 0 bridgehead atoms. The molecule has 2 N–H and O–H groups in total. The van der Waals surface area contributed by atoms with Crippen LogP contribution in [0.1, 0.15) is 17.7 Å². The minimum Gasteiger partial charge on any atom is -0.492 e. The van der Waals surface area contributed by atoms with Gasteiger partial charge in [-0.3, -0.25) is 19.3 Å². The van der Waals surface area contributed by atoms with Gasteiger partial charge in [-0.1, -0.05) is 17.7 Å². The number of anilines is 2. The Morgan fingerprint density at radius 1 is 1.14 bits per heavy atom. The minimum atomic E-state index is -4.60. The number of ether oxygens (including phenoxy) is 1. The second-order valence-electron chi connectivity index (χ2n) is 7.92. The van der Waals surface area contributed by atoms with E-state index in [9.17, 15) is 22.8 Å². The first-order chi connectivity index (χ1) is 17.1. The van der Waals surface area contributed by atoms with E-state index < -0.39 is 17.8 Å². The SMILES string of the molecule is Cc1ccc(OCCN(C)C(=O)Cn2cc(NC(=O)CCNc3cncc(C(F)(F)F)n3)cn2)cc1. The predicted octanol–water partition coefficient (Wildman–Crippen LogP) is 2.98. The van der Waals surface area contributed by atoms with Crippen molar-refractivity contribution in [3.05, 3.63) is 60.3 Å². The molecule has 0 aliphatic rings. The summed E-state index contributed by atoms with van der Waals surface area (Å²) in [5, 5.41) is 9.32. The van der Waals surface area contributed by atoms with Gasteiger partial charge in [-0.15, -0.1) is 0 Å². The molecule has 0 spiro atoms. The number of nitrogens with zero attached hydrogens (tertiary/aromatic N) is 5. The van der Waals surface area contributed by atoms with Gasteiger partial charge < -0.3 is 20.3 Å². The maximum absolute atomic E-state index is 12.7. The molecule has 0 aliphatic heterocycles. The number of hydrogen-bond donors (Lipinski definition) is 2. The van der Waals surface area contributed by atoms with Gasteiger partial charge in [-0.25, -0.2) is 4.98 Å². The molecular formula is C23H26F3N7O3. The molecule has 0 saturated heterocycles. The fraction of sp³-hybridized carbons (Fsp3) is 0.348. The molecule has 13 heteroatoms. The molecular weight excluding hydrogens is 479 g/mol. The van der Waals surface area contributed by atoms with Crippen LogP contribution in [0, 0.1) is 6.92 Å². The number of aryl methyl sites for hydroxylation is 1. The third-order valence-electron chi connectivity index (χ3n) is 4.94. The van der Waals surface area contributed by atoms with E-state index in [2.05, 4.69) is 25.7 Å². The Labute approximate surface area is 205 Å². The van der Waals surface area contributed by atoms with E-state index in [0.717, 1.165) is 17.5 Å². The summed E-state index contributed by atoms with van der Waals surface area (Å²) < 4.78 is 45.1. The molecule has 0 unspecified atom stereocenters. The zero-order valence-corrected chi connectivity index (χ0v) is 19.7. The lowest BCUT2D eigenvalue weighted by molar-refractivity contribution is -0.141. The molecule has 2 heterocycles. The van der Waals surface area contributed by atoms with Crippen LogP contribution in [0.3, 0.4) is 0 Å². The van der Waals surface area contributed by atoms with E-state index in [1.54, 1.807) is 7.05 Å². The van der Waals surface area contributed by atoms with Crippen LogP contribution in [0.2, 0.25) is 0 Å². The molecule has 10 nitrogen and oxygen atoms in total. The topological polar surface area (TPSA) is 114 Å². The molecule has 3 rings (SSSR count). The fourth-order valence-corrected chi connectivity index (χ4v) is 2.95. The molecule has 192 valence electrons. The summed E-state index contributed by atoms with van der Waals surface area (Å²) in [4.78, 5) is 33.0. The van der Waals surface area contributed by atoms with E-state index in [1.165, 1.54) is 22.0 Å². The summed E-state index contributed by atoms with van der Waals surface area (Å²) in [6, 6.07) is 7.62. The predicted molar refractivity (Wildman–Crippen MR) is 125 cm³/mol. The van der Waals surface area contributed by atoms with Crippen molar-refractivity contribution < 1.29 is 27.5 Å². The van der Waals surface area contributed by atoms with Gasteiger partial charge in [-0.2, -0.15) is 18.3 Å². The van der Waals surface area contributed by atoms with Crippen LogP contribution in [-0.4, -0.2) is 63.2 Å². The van der Waals surface area contributed by atoms with Crippen LogP contribution >= 0.6 is 0 Å². The number of alkyl halides is 3. The first-order valence-corrected chi connectivity index (χ1v) is 11.0. The molecule has 1 aromatic carbocycles. The van der Waals surface area contributed by atoms with Crippen molar-refractivity contribution in [2.24, 2.45) is 0 Å². The quantitative estimate of drug-likeness (QED) is 0.412. The largest absolute Gasteiger partial charge is 0.492 e. The molecule has 2 aromatic heterocycles. The number of nitrogens with one attached hydrogen (secondary N) is 2. The van der Waals surface area contributed by atoms with Gasteiger partial charge >= 0.3 is 6.18 Å². The van der Waals surface area contributed by atoms with Crippen molar-refractivity contribution in [2.75, 3.05) is 37.4 Å². The van der Waals surface area contributed by atoms with Crippen molar-refractivity contribution in [1.82, 2.24) is 24.6 Å². The van der Waals surface area contributed by atoms with Gasteiger partial charge in [0.1, 0.15) is 24.7 Å². The highest BCUT2D eigenvalue weighted by molar-refractivity contribution is 5.90. The summed E-state index contributed by atoms with van der Waals surface area (Å²) in [6.07, 6.45) is 0.0337. The average molecular weight is 506 g/mol. The van der Waals surface area contributed by atoms with Crippen molar-refractivity contribution in [1.29, 1.82) is 0 Å². The van der Waals surface area contributed by atoms with Crippen LogP contribution in [0.15, 0.2) is 49.1 Å². The maximum atomic E-state index is 12.7. The Morgan fingerprint density at radius 2 is 1.89 bits per heavy atom. The van der Waals surface area contributed by atoms with E-state index >= 15 is 0 Å². The molecule has 36 heavy (non-hydrogen) atoms. The van der Waals surface area contributed by atoms with Crippen molar-refractivity contribution >= 4 is 23.3 Å². The van der Waals surface area contributed by atoms with Crippen molar-refractivity contribution in [3.8, 4) is 5.75 Å². The van der Waals surface area contributed by atoms with Gasteiger partial charge in [0.2, 0.25) is 11.8 Å². The zero-order valence-electron chi connectivity index (χ0n) is 19.7. The number of likely N-dealkylation sites (N-methyl/N-ethyl adjacent to an activating group) is 1. The molecule has 0 atom stereocenters. The summed E-state index contributed by atoms with van der Waals surface area (Å²) >= 11 is 0. The van der Waals surface area contributed by atoms with Gasteiger partial charge in [0, 0.05) is 26.2 Å². The van der Waals surface area contributed by atoms with Crippen LogP contribution in [0.5, 0.6) is 5.75 Å². The third-order valence-corrected chi connectivity index (χ3v) is 4.94. The van der Waals surface area contributed by atoms with Crippen LogP contribution < -0.4 is 15.4 Å². The Kier molecular flexibility index (Phi) is 8.81. The Hall–Kier alpha value is -4.16. The number of aromatic nitrogens is 4. The number of carbonyl (C=O) groups excluding carboxylic acids is 2. The van der Waals surface area contributed by atoms with Gasteiger partial charge in [0.25, 0.3) is 0 Å². The second kappa shape index (κ2) is 12.0. The average Bonchev–Trinajstić information content (AvgIpc) is 3.26. The fourth-order valence-electron chi connectivity index (χ4n) is 2.95. The Balaban J connectivity index is 1.38. The maximum Gasteiger partial charge on any atom is 0.434 e. The third kappa shape index (κ3) is 8.25. The Morgan fingerprint density at radius 3 is 2.61 bits per heavy atom. The first kappa shape index (κ1) is 26.4. The summed E-state index contributed by atoms with van der Waals surface area (Å²) in [5.41, 5.74) is 0.395.